The molecule has 0 saturated heterocycles. The minimum Gasteiger partial charge on any atom is -0.398 e. The molecule has 0 aliphatic rings. The fourth-order valence-corrected chi connectivity index (χ4v) is 1.84. The highest BCUT2D eigenvalue weighted by Crippen LogP contribution is 2.29. The molecule has 2 rings (SSSR count). The Labute approximate surface area is 105 Å². The Hall–Kier alpha value is -1.88. The molecule has 0 atom stereocenters. The lowest BCUT2D eigenvalue weighted by molar-refractivity contribution is 0.198. The van der Waals surface area contributed by atoms with Crippen molar-refractivity contribution < 1.29 is 9.13 Å². The van der Waals surface area contributed by atoms with Crippen LogP contribution in [0.15, 0.2) is 24.4 Å². The van der Waals surface area contributed by atoms with Crippen molar-refractivity contribution in [2.24, 2.45) is 0 Å². The fourth-order valence-electron chi connectivity index (χ4n) is 1.84. The Morgan fingerprint density at radius 1 is 1.50 bits per heavy atom. The van der Waals surface area contributed by atoms with Crippen LogP contribution in [0.25, 0.3) is 10.9 Å². The average Bonchev–Trinajstić information content (AvgIpc) is 2.38. The standard InChI is InChI=1S/C13H16FN3O/c1-18-7-3-6-17-13-10(14)8-11(15)9-4-2-5-16-12(9)13/h2,4-5,8,17H,3,6-7,15H2,1H3. The third-order valence-corrected chi connectivity index (χ3v) is 2.70. The second-order valence-electron chi connectivity index (χ2n) is 4.00. The topological polar surface area (TPSA) is 60.2 Å². The van der Waals surface area contributed by atoms with E-state index >= 15 is 0 Å². The predicted molar refractivity (Wildman–Crippen MR) is 71.1 cm³/mol. The number of nitrogen functional groups attached to an aromatic ring is 1. The fraction of sp³-hybridized carbons (Fsp3) is 0.308. The number of nitrogens with two attached hydrogens (primary N) is 1. The van der Waals surface area contributed by atoms with Gasteiger partial charge in [-0.05, 0) is 24.6 Å². The second-order valence-corrected chi connectivity index (χ2v) is 4.00. The molecule has 18 heavy (non-hydrogen) atoms. The first kappa shape index (κ1) is 12.6. The third kappa shape index (κ3) is 2.51. The van der Waals surface area contributed by atoms with Crippen molar-refractivity contribution in [1.82, 2.24) is 4.98 Å². The van der Waals surface area contributed by atoms with Gasteiger partial charge in [-0.15, -0.1) is 0 Å². The van der Waals surface area contributed by atoms with Crippen LogP contribution in [0, 0.1) is 5.82 Å². The summed E-state index contributed by atoms with van der Waals surface area (Å²) in [6.45, 7) is 1.26. The summed E-state index contributed by atoms with van der Waals surface area (Å²) in [7, 11) is 1.64. The van der Waals surface area contributed by atoms with Crippen LogP contribution < -0.4 is 11.1 Å². The van der Waals surface area contributed by atoms with Crippen molar-refractivity contribution in [3.63, 3.8) is 0 Å². The van der Waals surface area contributed by atoms with Gasteiger partial charge in [0.05, 0.1) is 11.2 Å². The lowest BCUT2D eigenvalue weighted by Gasteiger charge is -2.11. The molecular weight excluding hydrogens is 233 g/mol. The molecule has 0 unspecified atom stereocenters. The Kier molecular flexibility index (Phi) is 3.94. The van der Waals surface area contributed by atoms with E-state index in [2.05, 4.69) is 10.3 Å². The van der Waals surface area contributed by atoms with Gasteiger partial charge in [-0.2, -0.15) is 0 Å². The summed E-state index contributed by atoms with van der Waals surface area (Å²) in [5.74, 6) is -0.379. The Bertz CT molecular complexity index is 545. The first-order valence-electron chi connectivity index (χ1n) is 5.79. The molecule has 5 heteroatoms. The van der Waals surface area contributed by atoms with E-state index in [0.717, 1.165) is 11.8 Å². The van der Waals surface area contributed by atoms with Gasteiger partial charge >= 0.3 is 0 Å². The number of rotatable bonds is 5. The molecule has 3 N–H and O–H groups in total. The van der Waals surface area contributed by atoms with Crippen molar-refractivity contribution in [3.8, 4) is 0 Å². The predicted octanol–water partition coefficient (Wildman–Crippen LogP) is 2.40. The molecule has 0 aliphatic heterocycles. The molecule has 0 amide bonds. The number of hydrogen-bond acceptors (Lipinski definition) is 4. The molecule has 0 saturated carbocycles. The van der Waals surface area contributed by atoms with E-state index < -0.39 is 0 Å². The number of benzene rings is 1. The summed E-state index contributed by atoms with van der Waals surface area (Å²) < 4.78 is 18.8. The number of pyridine rings is 1. The highest BCUT2D eigenvalue weighted by atomic mass is 19.1. The largest absolute Gasteiger partial charge is 0.398 e. The van der Waals surface area contributed by atoms with E-state index in [1.54, 1.807) is 19.4 Å². The molecular formula is C13H16FN3O. The van der Waals surface area contributed by atoms with Gasteiger partial charge in [-0.1, -0.05) is 0 Å². The Balaban J connectivity index is 2.31. The first-order chi connectivity index (χ1) is 8.74. The van der Waals surface area contributed by atoms with Gasteiger partial charge < -0.3 is 15.8 Å². The zero-order valence-electron chi connectivity index (χ0n) is 10.2. The van der Waals surface area contributed by atoms with Crippen LogP contribution >= 0.6 is 0 Å². The van der Waals surface area contributed by atoms with Crippen molar-refractivity contribution >= 4 is 22.3 Å². The van der Waals surface area contributed by atoms with Crippen LogP contribution in [0.3, 0.4) is 0 Å². The molecule has 0 aliphatic carbocycles. The number of aromatic nitrogens is 1. The first-order valence-corrected chi connectivity index (χ1v) is 5.79. The number of anilines is 2. The Morgan fingerprint density at radius 2 is 2.33 bits per heavy atom. The van der Waals surface area contributed by atoms with E-state index in [0.29, 0.717) is 30.0 Å². The number of halogens is 1. The van der Waals surface area contributed by atoms with E-state index in [9.17, 15) is 4.39 Å². The molecule has 96 valence electrons. The minimum atomic E-state index is -0.379. The van der Waals surface area contributed by atoms with Gasteiger partial charge in [-0.25, -0.2) is 4.39 Å². The van der Waals surface area contributed by atoms with Crippen LogP contribution in [0.1, 0.15) is 6.42 Å². The van der Waals surface area contributed by atoms with Crippen LogP contribution in [-0.2, 0) is 4.74 Å². The van der Waals surface area contributed by atoms with E-state index in [4.69, 9.17) is 10.5 Å². The van der Waals surface area contributed by atoms with Crippen LogP contribution in [0.4, 0.5) is 15.8 Å². The van der Waals surface area contributed by atoms with Gasteiger partial charge in [0, 0.05) is 37.5 Å². The zero-order chi connectivity index (χ0) is 13.0. The zero-order valence-corrected chi connectivity index (χ0v) is 10.2. The number of hydrogen-bond donors (Lipinski definition) is 2. The smallest absolute Gasteiger partial charge is 0.150 e. The average molecular weight is 249 g/mol. The quantitative estimate of drug-likeness (QED) is 0.631. The normalized spacial score (nSPS) is 10.8. The van der Waals surface area contributed by atoms with E-state index in [-0.39, 0.29) is 5.82 Å². The second kappa shape index (κ2) is 5.64. The number of nitrogens with one attached hydrogen (secondary N) is 1. The molecule has 1 aromatic carbocycles. The maximum atomic E-state index is 13.9. The summed E-state index contributed by atoms with van der Waals surface area (Å²) in [6, 6.07) is 4.94. The number of methoxy groups -OCH3 is 1. The van der Waals surface area contributed by atoms with E-state index in [1.165, 1.54) is 6.07 Å². The van der Waals surface area contributed by atoms with Crippen LogP contribution in [0.2, 0.25) is 0 Å². The number of nitrogens with zero attached hydrogens (tertiary/aromatic N) is 1. The summed E-state index contributed by atoms with van der Waals surface area (Å²) in [5, 5.41) is 3.80. The van der Waals surface area contributed by atoms with Crippen molar-refractivity contribution in [2.45, 2.75) is 6.42 Å². The highest BCUT2D eigenvalue weighted by molar-refractivity contribution is 5.98. The molecule has 0 spiro atoms. The van der Waals surface area contributed by atoms with Gasteiger partial charge in [0.2, 0.25) is 0 Å². The third-order valence-electron chi connectivity index (χ3n) is 2.70. The summed E-state index contributed by atoms with van der Waals surface area (Å²) in [5.41, 5.74) is 7.14. The summed E-state index contributed by atoms with van der Waals surface area (Å²) in [4.78, 5) is 4.19. The monoisotopic (exact) mass is 249 g/mol. The molecule has 0 fully saturated rings. The maximum Gasteiger partial charge on any atom is 0.150 e. The van der Waals surface area contributed by atoms with Gasteiger partial charge in [-0.3, -0.25) is 4.98 Å². The molecule has 0 radical (unpaired) electrons. The number of ether oxygens (including phenoxy) is 1. The minimum absolute atomic E-state index is 0.379. The highest BCUT2D eigenvalue weighted by Gasteiger charge is 2.11. The van der Waals surface area contributed by atoms with E-state index in [1.807, 2.05) is 6.07 Å². The molecule has 0 bridgehead atoms. The summed E-state index contributed by atoms with van der Waals surface area (Å²) in [6.07, 6.45) is 2.43. The Morgan fingerprint density at radius 3 is 3.11 bits per heavy atom. The number of fused-ring (bicyclic) bond motifs is 1. The molecule has 1 heterocycles. The van der Waals surface area contributed by atoms with Crippen molar-refractivity contribution in [2.75, 3.05) is 31.3 Å². The molecule has 4 nitrogen and oxygen atoms in total. The molecule has 2 aromatic rings. The lowest BCUT2D eigenvalue weighted by atomic mass is 10.1. The van der Waals surface area contributed by atoms with Gasteiger partial charge in [0.1, 0.15) is 0 Å². The summed E-state index contributed by atoms with van der Waals surface area (Å²) >= 11 is 0. The van der Waals surface area contributed by atoms with Crippen molar-refractivity contribution in [3.05, 3.63) is 30.2 Å². The molecule has 1 aromatic heterocycles. The van der Waals surface area contributed by atoms with Gasteiger partial charge in [0.25, 0.3) is 0 Å². The van der Waals surface area contributed by atoms with Gasteiger partial charge in [0.15, 0.2) is 5.82 Å². The van der Waals surface area contributed by atoms with Crippen LogP contribution in [-0.4, -0.2) is 25.2 Å². The lowest BCUT2D eigenvalue weighted by Crippen LogP contribution is -2.07. The SMILES string of the molecule is COCCCNc1c(F)cc(N)c2cccnc12. The van der Waals surface area contributed by atoms with Crippen molar-refractivity contribution in [1.29, 1.82) is 0 Å². The maximum absolute atomic E-state index is 13.9. The van der Waals surface area contributed by atoms with Crippen LogP contribution in [0.5, 0.6) is 0 Å².